The van der Waals surface area contributed by atoms with Crippen LogP contribution in [0, 0.1) is 0 Å². The van der Waals surface area contributed by atoms with Gasteiger partial charge in [-0.3, -0.25) is 4.79 Å². The molecule has 0 aliphatic carbocycles. The number of carbonyl (C=O) groups is 1. The van der Waals surface area contributed by atoms with Gasteiger partial charge >= 0.3 is 5.97 Å². The van der Waals surface area contributed by atoms with E-state index in [1.54, 1.807) is 12.5 Å². The lowest BCUT2D eigenvalue weighted by atomic mass is 9.92. The number of aliphatic carboxylic acids is 1. The summed E-state index contributed by atoms with van der Waals surface area (Å²) in [6.07, 6.45) is 4.15. The molecule has 3 N–H and O–H groups in total. The fourth-order valence-electron chi connectivity index (χ4n) is 1.67. The largest absolute Gasteiger partial charge is 0.481 e. The van der Waals surface area contributed by atoms with E-state index in [9.17, 15) is 4.79 Å². The average molecular weight is 211 g/mol. The molecule has 0 aliphatic rings. The summed E-state index contributed by atoms with van der Waals surface area (Å²) < 4.78 is 1.82. The molecule has 0 spiro atoms. The lowest BCUT2D eigenvalue weighted by Crippen LogP contribution is -2.30. The number of nitrogens with two attached hydrogens (primary N) is 1. The van der Waals surface area contributed by atoms with Crippen LogP contribution in [0.4, 0.5) is 0 Å². The van der Waals surface area contributed by atoms with Crippen LogP contribution in [0.25, 0.3) is 0 Å². The van der Waals surface area contributed by atoms with Crippen LogP contribution in [-0.2, 0) is 11.8 Å². The summed E-state index contributed by atoms with van der Waals surface area (Å²) in [6, 6.07) is -0.142. The summed E-state index contributed by atoms with van der Waals surface area (Å²) >= 11 is 0. The van der Waals surface area contributed by atoms with E-state index in [-0.39, 0.29) is 18.4 Å². The number of carboxylic acids is 1. The van der Waals surface area contributed by atoms with Crippen molar-refractivity contribution in [3.8, 4) is 0 Å². The van der Waals surface area contributed by atoms with Gasteiger partial charge in [0, 0.05) is 30.9 Å². The van der Waals surface area contributed by atoms with Gasteiger partial charge in [-0.25, -0.2) is 4.98 Å². The summed E-state index contributed by atoms with van der Waals surface area (Å²) in [5.74, 6) is -0.995. The molecule has 1 aromatic rings. The van der Waals surface area contributed by atoms with Crippen LogP contribution < -0.4 is 5.73 Å². The fourth-order valence-corrected chi connectivity index (χ4v) is 1.67. The van der Waals surface area contributed by atoms with Crippen LogP contribution in [0.3, 0.4) is 0 Å². The van der Waals surface area contributed by atoms with E-state index in [0.717, 1.165) is 12.1 Å². The molecule has 0 saturated carbocycles. The predicted octanol–water partition coefficient (Wildman–Crippen LogP) is 0.716. The van der Waals surface area contributed by atoms with Crippen LogP contribution in [0.5, 0.6) is 0 Å². The van der Waals surface area contributed by atoms with Crippen molar-refractivity contribution >= 4 is 5.97 Å². The third kappa shape index (κ3) is 2.79. The summed E-state index contributed by atoms with van der Waals surface area (Å²) in [5.41, 5.74) is 6.80. The Labute approximate surface area is 88.9 Å². The zero-order valence-corrected chi connectivity index (χ0v) is 9.05. The molecule has 5 nitrogen and oxygen atoms in total. The van der Waals surface area contributed by atoms with Crippen molar-refractivity contribution < 1.29 is 9.90 Å². The second-order valence-corrected chi connectivity index (χ2v) is 3.71. The van der Waals surface area contributed by atoms with E-state index in [4.69, 9.17) is 10.8 Å². The van der Waals surface area contributed by atoms with E-state index < -0.39 is 5.97 Å². The number of imidazole rings is 1. The minimum Gasteiger partial charge on any atom is -0.481 e. The van der Waals surface area contributed by atoms with Crippen LogP contribution in [0.2, 0.25) is 0 Å². The number of aromatic nitrogens is 2. The Morgan fingerprint density at radius 2 is 2.40 bits per heavy atom. The van der Waals surface area contributed by atoms with Gasteiger partial charge in [-0.1, -0.05) is 6.92 Å². The summed E-state index contributed by atoms with van der Waals surface area (Å²) in [4.78, 5) is 14.7. The summed E-state index contributed by atoms with van der Waals surface area (Å²) in [5, 5.41) is 8.83. The van der Waals surface area contributed by atoms with Crippen LogP contribution in [-0.4, -0.2) is 26.7 Å². The molecule has 0 aliphatic heterocycles. The minimum absolute atomic E-state index is 0.0501. The summed E-state index contributed by atoms with van der Waals surface area (Å²) in [7, 11) is 1.85. The Kier molecular flexibility index (Phi) is 3.85. The van der Waals surface area contributed by atoms with Gasteiger partial charge in [-0.2, -0.15) is 0 Å². The molecule has 5 heteroatoms. The maximum atomic E-state index is 10.8. The molecule has 1 aromatic heterocycles. The van der Waals surface area contributed by atoms with Crippen molar-refractivity contribution in [2.75, 3.05) is 0 Å². The minimum atomic E-state index is -0.829. The molecular formula is C10H17N3O2. The van der Waals surface area contributed by atoms with Gasteiger partial charge in [-0.15, -0.1) is 0 Å². The van der Waals surface area contributed by atoms with Crippen LogP contribution in [0.1, 0.15) is 31.4 Å². The zero-order chi connectivity index (χ0) is 11.4. The average Bonchev–Trinajstić information content (AvgIpc) is 2.59. The first-order chi connectivity index (χ1) is 7.06. The second-order valence-electron chi connectivity index (χ2n) is 3.71. The van der Waals surface area contributed by atoms with Gasteiger partial charge in [0.05, 0.1) is 12.7 Å². The van der Waals surface area contributed by atoms with Gasteiger partial charge in [0.15, 0.2) is 0 Å². The SMILES string of the molecule is CCC(N)C(CC(=O)O)c1cncn1C. The second kappa shape index (κ2) is 4.93. The molecule has 0 amide bonds. The highest BCUT2D eigenvalue weighted by molar-refractivity contribution is 5.68. The predicted molar refractivity (Wildman–Crippen MR) is 56.5 cm³/mol. The van der Waals surface area contributed by atoms with Gasteiger partial charge in [0.25, 0.3) is 0 Å². The van der Waals surface area contributed by atoms with E-state index in [1.807, 2.05) is 18.5 Å². The Balaban J connectivity index is 2.90. The van der Waals surface area contributed by atoms with E-state index in [2.05, 4.69) is 4.98 Å². The van der Waals surface area contributed by atoms with E-state index >= 15 is 0 Å². The molecular weight excluding hydrogens is 194 g/mol. The van der Waals surface area contributed by atoms with Crippen molar-refractivity contribution in [2.45, 2.75) is 31.7 Å². The Morgan fingerprint density at radius 3 is 2.80 bits per heavy atom. The molecule has 0 fully saturated rings. The molecule has 1 heterocycles. The first kappa shape index (κ1) is 11.7. The molecule has 0 bridgehead atoms. The molecule has 0 aromatic carbocycles. The maximum Gasteiger partial charge on any atom is 0.304 e. The Hall–Kier alpha value is -1.36. The molecule has 15 heavy (non-hydrogen) atoms. The lowest BCUT2D eigenvalue weighted by Gasteiger charge is -2.21. The highest BCUT2D eigenvalue weighted by atomic mass is 16.4. The smallest absolute Gasteiger partial charge is 0.304 e. The third-order valence-electron chi connectivity index (χ3n) is 2.62. The monoisotopic (exact) mass is 211 g/mol. The van der Waals surface area contributed by atoms with E-state index in [1.165, 1.54) is 0 Å². The van der Waals surface area contributed by atoms with E-state index in [0.29, 0.717) is 0 Å². The molecule has 1 rings (SSSR count). The van der Waals surface area contributed by atoms with Crippen molar-refractivity contribution in [2.24, 2.45) is 12.8 Å². The zero-order valence-electron chi connectivity index (χ0n) is 9.05. The van der Waals surface area contributed by atoms with Gasteiger partial charge in [0.2, 0.25) is 0 Å². The first-order valence-corrected chi connectivity index (χ1v) is 4.99. The Bertz CT molecular complexity index is 335. The number of hydrogen-bond acceptors (Lipinski definition) is 3. The van der Waals surface area contributed by atoms with Gasteiger partial charge in [0.1, 0.15) is 0 Å². The quantitative estimate of drug-likeness (QED) is 0.751. The van der Waals surface area contributed by atoms with Crippen molar-refractivity contribution in [3.05, 3.63) is 18.2 Å². The number of carboxylic acid groups (broad SMARTS) is 1. The van der Waals surface area contributed by atoms with Crippen LogP contribution >= 0.6 is 0 Å². The normalized spacial score (nSPS) is 14.9. The van der Waals surface area contributed by atoms with Crippen molar-refractivity contribution in [1.82, 2.24) is 9.55 Å². The van der Waals surface area contributed by atoms with Crippen LogP contribution in [0.15, 0.2) is 12.5 Å². The lowest BCUT2D eigenvalue weighted by molar-refractivity contribution is -0.137. The number of rotatable bonds is 5. The Morgan fingerprint density at radius 1 is 1.73 bits per heavy atom. The molecule has 2 unspecified atom stereocenters. The number of nitrogens with zero attached hydrogens (tertiary/aromatic N) is 2. The molecule has 0 saturated heterocycles. The van der Waals surface area contributed by atoms with Crippen molar-refractivity contribution in [3.63, 3.8) is 0 Å². The summed E-state index contributed by atoms with van der Waals surface area (Å²) in [6.45, 7) is 1.95. The topological polar surface area (TPSA) is 81.1 Å². The molecule has 84 valence electrons. The van der Waals surface area contributed by atoms with Crippen molar-refractivity contribution in [1.29, 1.82) is 0 Å². The standard InChI is InChI=1S/C10H17N3O2/c1-3-8(11)7(4-10(14)15)9-5-12-6-13(9)2/h5-8H,3-4,11H2,1-2H3,(H,14,15). The molecule has 0 radical (unpaired) electrons. The fraction of sp³-hybridized carbons (Fsp3) is 0.600. The van der Waals surface area contributed by atoms with Gasteiger partial charge in [-0.05, 0) is 6.42 Å². The third-order valence-corrected chi connectivity index (χ3v) is 2.62. The first-order valence-electron chi connectivity index (χ1n) is 4.99. The highest BCUT2D eigenvalue weighted by Gasteiger charge is 2.23. The molecule has 2 atom stereocenters. The maximum absolute atomic E-state index is 10.8. The van der Waals surface area contributed by atoms with Gasteiger partial charge < -0.3 is 15.4 Å². The highest BCUT2D eigenvalue weighted by Crippen LogP contribution is 2.23. The number of hydrogen-bond donors (Lipinski definition) is 2. The number of aryl methyl sites for hydroxylation is 1.